The van der Waals surface area contributed by atoms with Crippen molar-refractivity contribution in [3.63, 3.8) is 0 Å². The Morgan fingerprint density at radius 1 is 1.24 bits per heavy atom. The first-order chi connectivity index (χ1) is 10.2. The van der Waals surface area contributed by atoms with Gasteiger partial charge < -0.3 is 15.2 Å². The van der Waals surface area contributed by atoms with Gasteiger partial charge in [0.25, 0.3) is 0 Å². The molecule has 0 amide bonds. The SMILES string of the molecule is CCNC(C)c1cccnc1Oc1ccc(CCO)cc1. The number of aliphatic hydroxyl groups is 1. The van der Waals surface area contributed by atoms with Crippen molar-refractivity contribution in [3.8, 4) is 11.6 Å². The smallest absolute Gasteiger partial charge is 0.223 e. The lowest BCUT2D eigenvalue weighted by Gasteiger charge is -2.16. The van der Waals surface area contributed by atoms with E-state index < -0.39 is 0 Å². The van der Waals surface area contributed by atoms with Gasteiger partial charge in [0.1, 0.15) is 5.75 Å². The Hall–Kier alpha value is -1.91. The predicted octanol–water partition coefficient (Wildman–Crippen LogP) is 3.08. The molecule has 0 saturated carbocycles. The molecule has 1 atom stereocenters. The van der Waals surface area contributed by atoms with E-state index in [1.165, 1.54) is 0 Å². The Morgan fingerprint density at radius 3 is 2.67 bits per heavy atom. The number of rotatable bonds is 7. The van der Waals surface area contributed by atoms with Crippen LogP contribution in [-0.2, 0) is 6.42 Å². The van der Waals surface area contributed by atoms with E-state index in [0.717, 1.165) is 23.4 Å². The fraction of sp³-hybridized carbons (Fsp3) is 0.353. The van der Waals surface area contributed by atoms with E-state index in [9.17, 15) is 0 Å². The molecule has 0 aliphatic carbocycles. The number of pyridine rings is 1. The molecular weight excluding hydrogens is 264 g/mol. The van der Waals surface area contributed by atoms with Gasteiger partial charge in [0.15, 0.2) is 0 Å². The summed E-state index contributed by atoms with van der Waals surface area (Å²) in [5, 5.41) is 12.3. The van der Waals surface area contributed by atoms with Crippen LogP contribution in [0.4, 0.5) is 0 Å². The highest BCUT2D eigenvalue weighted by Gasteiger charge is 2.12. The molecule has 0 aliphatic rings. The van der Waals surface area contributed by atoms with Gasteiger partial charge in [-0.1, -0.05) is 25.1 Å². The van der Waals surface area contributed by atoms with Crippen LogP contribution in [0.25, 0.3) is 0 Å². The van der Waals surface area contributed by atoms with Crippen LogP contribution < -0.4 is 10.1 Å². The summed E-state index contributed by atoms with van der Waals surface area (Å²) in [6.45, 7) is 5.22. The molecule has 0 fully saturated rings. The molecule has 2 N–H and O–H groups in total. The predicted molar refractivity (Wildman–Crippen MR) is 83.6 cm³/mol. The minimum Gasteiger partial charge on any atom is -0.439 e. The van der Waals surface area contributed by atoms with Gasteiger partial charge in [-0.05, 0) is 43.7 Å². The normalized spacial score (nSPS) is 12.1. The maximum atomic E-state index is 8.92. The van der Waals surface area contributed by atoms with E-state index in [4.69, 9.17) is 9.84 Å². The van der Waals surface area contributed by atoms with E-state index in [1.54, 1.807) is 6.20 Å². The van der Waals surface area contributed by atoms with Crippen LogP contribution in [0.15, 0.2) is 42.6 Å². The van der Waals surface area contributed by atoms with Crippen LogP contribution in [0, 0.1) is 0 Å². The number of nitrogens with zero attached hydrogens (tertiary/aromatic N) is 1. The number of aromatic nitrogens is 1. The molecule has 2 aromatic rings. The lowest BCUT2D eigenvalue weighted by Crippen LogP contribution is -2.18. The summed E-state index contributed by atoms with van der Waals surface area (Å²) >= 11 is 0. The fourth-order valence-corrected chi connectivity index (χ4v) is 2.20. The molecule has 0 saturated heterocycles. The van der Waals surface area contributed by atoms with Gasteiger partial charge in [-0.3, -0.25) is 0 Å². The zero-order chi connectivity index (χ0) is 15.1. The molecule has 4 heteroatoms. The summed E-state index contributed by atoms with van der Waals surface area (Å²) in [6.07, 6.45) is 2.39. The monoisotopic (exact) mass is 286 g/mol. The molecule has 1 unspecified atom stereocenters. The summed E-state index contributed by atoms with van der Waals surface area (Å²) in [4.78, 5) is 4.33. The lowest BCUT2D eigenvalue weighted by atomic mass is 10.1. The molecule has 21 heavy (non-hydrogen) atoms. The third-order valence-electron chi connectivity index (χ3n) is 3.32. The van der Waals surface area contributed by atoms with E-state index in [2.05, 4.69) is 24.1 Å². The van der Waals surface area contributed by atoms with Gasteiger partial charge in [0.2, 0.25) is 5.88 Å². The van der Waals surface area contributed by atoms with Crippen LogP contribution in [0.3, 0.4) is 0 Å². The number of aliphatic hydroxyl groups excluding tert-OH is 1. The highest BCUT2D eigenvalue weighted by molar-refractivity contribution is 5.35. The minimum atomic E-state index is 0.158. The minimum absolute atomic E-state index is 0.158. The van der Waals surface area contributed by atoms with Crippen molar-refractivity contribution in [2.24, 2.45) is 0 Å². The zero-order valence-corrected chi connectivity index (χ0v) is 12.5. The van der Waals surface area contributed by atoms with Crippen molar-refractivity contribution >= 4 is 0 Å². The Labute approximate surface area is 125 Å². The van der Waals surface area contributed by atoms with Crippen LogP contribution in [0.5, 0.6) is 11.6 Å². The Balaban J connectivity index is 2.15. The first-order valence-electron chi connectivity index (χ1n) is 7.30. The van der Waals surface area contributed by atoms with Crippen molar-refractivity contribution in [2.45, 2.75) is 26.3 Å². The molecule has 0 aliphatic heterocycles. The molecule has 1 aromatic heterocycles. The second kappa shape index (κ2) is 7.76. The highest BCUT2D eigenvalue weighted by atomic mass is 16.5. The van der Waals surface area contributed by atoms with Gasteiger partial charge in [0.05, 0.1) is 0 Å². The third-order valence-corrected chi connectivity index (χ3v) is 3.32. The highest BCUT2D eigenvalue weighted by Crippen LogP contribution is 2.27. The summed E-state index contributed by atoms with van der Waals surface area (Å²) < 4.78 is 5.90. The van der Waals surface area contributed by atoms with Gasteiger partial charge >= 0.3 is 0 Å². The molecular formula is C17H22N2O2. The van der Waals surface area contributed by atoms with E-state index in [1.807, 2.05) is 36.4 Å². The molecule has 1 aromatic carbocycles. The van der Waals surface area contributed by atoms with E-state index >= 15 is 0 Å². The van der Waals surface area contributed by atoms with Crippen molar-refractivity contribution in [3.05, 3.63) is 53.7 Å². The van der Waals surface area contributed by atoms with Crippen molar-refractivity contribution in [1.29, 1.82) is 0 Å². The average molecular weight is 286 g/mol. The van der Waals surface area contributed by atoms with Crippen molar-refractivity contribution in [1.82, 2.24) is 10.3 Å². The molecule has 112 valence electrons. The second-order valence-corrected chi connectivity index (χ2v) is 4.90. The van der Waals surface area contributed by atoms with Crippen molar-refractivity contribution < 1.29 is 9.84 Å². The largest absolute Gasteiger partial charge is 0.439 e. The standard InChI is InChI=1S/C17H22N2O2/c1-3-18-13(2)16-5-4-11-19-17(16)21-15-8-6-14(7-9-15)10-12-20/h4-9,11,13,18,20H,3,10,12H2,1-2H3. The summed E-state index contributed by atoms with van der Waals surface area (Å²) in [6, 6.07) is 11.9. The molecule has 4 nitrogen and oxygen atoms in total. The Bertz CT molecular complexity index is 555. The molecule has 0 radical (unpaired) electrons. The van der Waals surface area contributed by atoms with Crippen molar-refractivity contribution in [2.75, 3.05) is 13.2 Å². The average Bonchev–Trinajstić information content (AvgIpc) is 2.50. The van der Waals surface area contributed by atoms with Crippen LogP contribution in [0.2, 0.25) is 0 Å². The maximum Gasteiger partial charge on any atom is 0.223 e. The first-order valence-corrected chi connectivity index (χ1v) is 7.30. The maximum absolute atomic E-state index is 8.92. The first kappa shape index (κ1) is 15.5. The summed E-state index contributed by atoms with van der Waals surface area (Å²) in [5.74, 6) is 1.38. The third kappa shape index (κ3) is 4.28. The number of ether oxygens (including phenoxy) is 1. The van der Waals surface area contributed by atoms with Gasteiger partial charge in [-0.25, -0.2) is 4.98 Å². The van der Waals surface area contributed by atoms with E-state index in [0.29, 0.717) is 12.3 Å². The van der Waals surface area contributed by atoms with Gasteiger partial charge in [0, 0.05) is 24.4 Å². The van der Waals surface area contributed by atoms with Crippen LogP contribution in [-0.4, -0.2) is 23.2 Å². The summed E-state index contributed by atoms with van der Waals surface area (Å²) in [7, 11) is 0. The molecule has 0 spiro atoms. The topological polar surface area (TPSA) is 54.4 Å². The number of hydrogen-bond donors (Lipinski definition) is 2. The quantitative estimate of drug-likeness (QED) is 0.821. The lowest BCUT2D eigenvalue weighted by molar-refractivity contribution is 0.299. The van der Waals surface area contributed by atoms with Crippen LogP contribution >= 0.6 is 0 Å². The number of benzene rings is 1. The van der Waals surface area contributed by atoms with Crippen LogP contribution in [0.1, 0.15) is 31.0 Å². The Kier molecular flexibility index (Phi) is 5.72. The number of nitrogens with one attached hydrogen (secondary N) is 1. The molecule has 2 rings (SSSR count). The number of hydrogen-bond acceptors (Lipinski definition) is 4. The van der Waals surface area contributed by atoms with Gasteiger partial charge in [-0.15, -0.1) is 0 Å². The van der Waals surface area contributed by atoms with Gasteiger partial charge in [-0.2, -0.15) is 0 Å². The summed E-state index contributed by atoms with van der Waals surface area (Å²) in [5.41, 5.74) is 2.13. The molecule has 0 bridgehead atoms. The zero-order valence-electron chi connectivity index (χ0n) is 12.5. The Morgan fingerprint density at radius 2 is 2.00 bits per heavy atom. The fourth-order valence-electron chi connectivity index (χ4n) is 2.20. The molecule has 1 heterocycles. The van der Waals surface area contributed by atoms with E-state index in [-0.39, 0.29) is 12.6 Å². The second-order valence-electron chi connectivity index (χ2n) is 4.90.